The number of rotatable bonds is 8. The standard InChI is InChI=1S/C13H21N3O2/c1-3-4-9-18-10-8-15-13(17)11-6-5-7-12(14-2)16-11/h5-7H,3-4,8-10H2,1-2H3,(H,14,16)(H,15,17). The van der Waals surface area contributed by atoms with Gasteiger partial charge in [-0.25, -0.2) is 4.98 Å². The minimum absolute atomic E-state index is 0.175. The van der Waals surface area contributed by atoms with Crippen LogP contribution in [0.5, 0.6) is 0 Å². The highest BCUT2D eigenvalue weighted by molar-refractivity contribution is 5.92. The summed E-state index contributed by atoms with van der Waals surface area (Å²) in [5.74, 6) is 0.507. The summed E-state index contributed by atoms with van der Waals surface area (Å²) in [7, 11) is 1.77. The fourth-order valence-corrected chi connectivity index (χ4v) is 1.38. The molecular weight excluding hydrogens is 230 g/mol. The molecule has 1 rings (SSSR count). The monoisotopic (exact) mass is 251 g/mol. The van der Waals surface area contributed by atoms with Crippen LogP contribution in [0.4, 0.5) is 5.82 Å². The number of unbranched alkanes of at least 4 members (excludes halogenated alkanes) is 1. The molecule has 0 fully saturated rings. The molecule has 1 heterocycles. The van der Waals surface area contributed by atoms with Gasteiger partial charge in [-0.15, -0.1) is 0 Å². The zero-order valence-corrected chi connectivity index (χ0v) is 11.0. The van der Waals surface area contributed by atoms with Crippen LogP contribution in [-0.4, -0.2) is 37.7 Å². The maximum absolute atomic E-state index is 11.7. The van der Waals surface area contributed by atoms with Gasteiger partial charge >= 0.3 is 0 Å². The predicted molar refractivity (Wildman–Crippen MR) is 71.8 cm³/mol. The first-order valence-corrected chi connectivity index (χ1v) is 6.28. The molecule has 0 unspecified atom stereocenters. The minimum atomic E-state index is -0.175. The smallest absolute Gasteiger partial charge is 0.270 e. The lowest BCUT2D eigenvalue weighted by Crippen LogP contribution is -2.28. The Labute approximate surface area is 108 Å². The maximum atomic E-state index is 11.7. The molecule has 0 atom stereocenters. The molecular formula is C13H21N3O2. The lowest BCUT2D eigenvalue weighted by Gasteiger charge is -2.06. The predicted octanol–water partition coefficient (Wildman–Crippen LogP) is 1.67. The Hall–Kier alpha value is -1.62. The van der Waals surface area contributed by atoms with Crippen LogP contribution in [0.15, 0.2) is 18.2 Å². The van der Waals surface area contributed by atoms with E-state index in [0.717, 1.165) is 19.4 Å². The first-order chi connectivity index (χ1) is 8.77. The van der Waals surface area contributed by atoms with Gasteiger partial charge in [-0.05, 0) is 18.6 Å². The van der Waals surface area contributed by atoms with Crippen molar-refractivity contribution in [3.05, 3.63) is 23.9 Å². The molecule has 0 aromatic carbocycles. The van der Waals surface area contributed by atoms with E-state index in [-0.39, 0.29) is 5.91 Å². The van der Waals surface area contributed by atoms with E-state index in [9.17, 15) is 4.79 Å². The zero-order chi connectivity index (χ0) is 13.2. The van der Waals surface area contributed by atoms with Gasteiger partial charge in [0.1, 0.15) is 11.5 Å². The van der Waals surface area contributed by atoms with Crippen LogP contribution in [0.3, 0.4) is 0 Å². The third kappa shape index (κ3) is 5.14. The van der Waals surface area contributed by atoms with Crippen LogP contribution in [0, 0.1) is 0 Å². The number of hydrogen-bond donors (Lipinski definition) is 2. The number of amides is 1. The highest BCUT2D eigenvalue weighted by Gasteiger charge is 2.06. The molecule has 1 amide bonds. The Kier molecular flexibility index (Phi) is 6.79. The number of nitrogens with zero attached hydrogens (tertiary/aromatic N) is 1. The van der Waals surface area contributed by atoms with Crippen molar-refractivity contribution in [2.45, 2.75) is 19.8 Å². The van der Waals surface area contributed by atoms with Crippen molar-refractivity contribution in [1.29, 1.82) is 0 Å². The molecule has 0 aliphatic heterocycles. The zero-order valence-electron chi connectivity index (χ0n) is 11.0. The van der Waals surface area contributed by atoms with E-state index < -0.39 is 0 Å². The van der Waals surface area contributed by atoms with E-state index >= 15 is 0 Å². The lowest BCUT2D eigenvalue weighted by molar-refractivity contribution is 0.0908. The summed E-state index contributed by atoms with van der Waals surface area (Å²) in [6.07, 6.45) is 2.17. The fraction of sp³-hybridized carbons (Fsp3) is 0.538. The number of pyridine rings is 1. The fourth-order valence-electron chi connectivity index (χ4n) is 1.38. The first kappa shape index (κ1) is 14.4. The average molecular weight is 251 g/mol. The topological polar surface area (TPSA) is 63.2 Å². The molecule has 0 saturated carbocycles. The summed E-state index contributed by atoms with van der Waals surface area (Å²) < 4.78 is 5.36. The van der Waals surface area contributed by atoms with E-state index in [1.165, 1.54) is 0 Å². The highest BCUT2D eigenvalue weighted by atomic mass is 16.5. The summed E-state index contributed by atoms with van der Waals surface area (Å²) in [5.41, 5.74) is 0.412. The molecule has 0 aliphatic rings. The summed E-state index contributed by atoms with van der Waals surface area (Å²) in [5, 5.41) is 5.67. The van der Waals surface area contributed by atoms with E-state index in [4.69, 9.17) is 4.74 Å². The largest absolute Gasteiger partial charge is 0.380 e. The summed E-state index contributed by atoms with van der Waals surface area (Å²) in [6, 6.07) is 5.30. The van der Waals surface area contributed by atoms with Gasteiger partial charge in [0, 0.05) is 20.2 Å². The van der Waals surface area contributed by atoms with Crippen molar-refractivity contribution in [1.82, 2.24) is 10.3 Å². The molecule has 5 nitrogen and oxygen atoms in total. The number of aromatic nitrogens is 1. The van der Waals surface area contributed by atoms with Gasteiger partial charge < -0.3 is 15.4 Å². The molecule has 0 saturated heterocycles. The van der Waals surface area contributed by atoms with Gasteiger partial charge in [-0.1, -0.05) is 19.4 Å². The van der Waals surface area contributed by atoms with Crippen molar-refractivity contribution in [3.63, 3.8) is 0 Å². The van der Waals surface area contributed by atoms with Crippen LogP contribution in [0.2, 0.25) is 0 Å². The van der Waals surface area contributed by atoms with Crippen LogP contribution in [0.25, 0.3) is 0 Å². The quantitative estimate of drug-likeness (QED) is 0.690. The Morgan fingerprint density at radius 2 is 2.22 bits per heavy atom. The van der Waals surface area contributed by atoms with Gasteiger partial charge in [0.05, 0.1) is 6.61 Å². The van der Waals surface area contributed by atoms with E-state index in [0.29, 0.717) is 24.7 Å². The van der Waals surface area contributed by atoms with Crippen molar-refractivity contribution in [3.8, 4) is 0 Å². The molecule has 5 heteroatoms. The van der Waals surface area contributed by atoms with E-state index in [2.05, 4.69) is 22.5 Å². The number of ether oxygens (including phenoxy) is 1. The number of carbonyl (C=O) groups excluding carboxylic acids is 1. The minimum Gasteiger partial charge on any atom is -0.380 e. The van der Waals surface area contributed by atoms with Crippen LogP contribution in [0.1, 0.15) is 30.3 Å². The van der Waals surface area contributed by atoms with Crippen molar-refractivity contribution >= 4 is 11.7 Å². The molecule has 2 N–H and O–H groups in total. The SMILES string of the molecule is CCCCOCCNC(=O)c1cccc(NC)n1. The van der Waals surface area contributed by atoms with Crippen molar-refractivity contribution < 1.29 is 9.53 Å². The normalized spacial score (nSPS) is 10.1. The second-order valence-corrected chi connectivity index (χ2v) is 3.88. The molecule has 1 aromatic rings. The second-order valence-electron chi connectivity index (χ2n) is 3.88. The summed E-state index contributed by atoms with van der Waals surface area (Å²) >= 11 is 0. The molecule has 18 heavy (non-hydrogen) atoms. The van der Waals surface area contributed by atoms with Gasteiger partial charge in [0.25, 0.3) is 5.91 Å². The van der Waals surface area contributed by atoms with Crippen LogP contribution >= 0.6 is 0 Å². The molecule has 1 aromatic heterocycles. The summed E-state index contributed by atoms with van der Waals surface area (Å²) in [4.78, 5) is 15.9. The number of anilines is 1. The highest BCUT2D eigenvalue weighted by Crippen LogP contribution is 2.03. The third-order valence-corrected chi connectivity index (χ3v) is 2.41. The number of hydrogen-bond acceptors (Lipinski definition) is 4. The second kappa shape index (κ2) is 8.47. The molecule has 0 aliphatic carbocycles. The molecule has 0 bridgehead atoms. The van der Waals surface area contributed by atoms with Crippen LogP contribution in [-0.2, 0) is 4.74 Å². The Morgan fingerprint density at radius 1 is 1.39 bits per heavy atom. The van der Waals surface area contributed by atoms with Gasteiger partial charge in [-0.3, -0.25) is 4.79 Å². The molecule has 0 spiro atoms. The van der Waals surface area contributed by atoms with Crippen molar-refractivity contribution in [2.75, 3.05) is 32.1 Å². The van der Waals surface area contributed by atoms with Crippen LogP contribution < -0.4 is 10.6 Å². The summed E-state index contributed by atoms with van der Waals surface area (Å²) in [6.45, 7) is 3.91. The molecule has 0 radical (unpaired) electrons. The number of carbonyl (C=O) groups is 1. The van der Waals surface area contributed by atoms with E-state index in [1.54, 1.807) is 19.2 Å². The van der Waals surface area contributed by atoms with Gasteiger partial charge in [0.2, 0.25) is 0 Å². The van der Waals surface area contributed by atoms with E-state index in [1.807, 2.05) is 6.07 Å². The Morgan fingerprint density at radius 3 is 2.94 bits per heavy atom. The molecule has 100 valence electrons. The first-order valence-electron chi connectivity index (χ1n) is 6.28. The number of nitrogens with one attached hydrogen (secondary N) is 2. The van der Waals surface area contributed by atoms with Gasteiger partial charge in [0.15, 0.2) is 0 Å². The third-order valence-electron chi connectivity index (χ3n) is 2.41. The van der Waals surface area contributed by atoms with Gasteiger partial charge in [-0.2, -0.15) is 0 Å². The Bertz CT molecular complexity index is 369. The maximum Gasteiger partial charge on any atom is 0.270 e. The Balaban J connectivity index is 2.27. The lowest BCUT2D eigenvalue weighted by atomic mass is 10.3. The average Bonchev–Trinajstić information content (AvgIpc) is 2.42. The van der Waals surface area contributed by atoms with Crippen molar-refractivity contribution in [2.24, 2.45) is 0 Å².